The second-order valence-corrected chi connectivity index (χ2v) is 6.37. The van der Waals surface area contributed by atoms with Crippen molar-refractivity contribution in [3.05, 3.63) is 17.9 Å². The molecule has 0 aromatic carbocycles. The molecule has 1 aliphatic heterocycles. The Balaban J connectivity index is 2.15. The summed E-state index contributed by atoms with van der Waals surface area (Å²) in [5.74, 6) is -2.53. The Hall–Kier alpha value is -1.87. The Morgan fingerprint density at radius 3 is 2.35 bits per heavy atom. The summed E-state index contributed by atoms with van der Waals surface area (Å²) in [5.41, 5.74) is 4.99. The van der Waals surface area contributed by atoms with Crippen LogP contribution in [0.2, 0.25) is 0 Å². The normalized spacial score (nSPS) is 18.0. The van der Waals surface area contributed by atoms with E-state index in [9.17, 15) is 18.0 Å². The van der Waals surface area contributed by atoms with Crippen LogP contribution in [0.15, 0.2) is 21.6 Å². The highest BCUT2D eigenvalue weighted by atomic mass is 32.2. The molecule has 1 amide bonds. The number of carbonyl (C=O) groups excluding carboxylic acids is 1. The van der Waals surface area contributed by atoms with Crippen LogP contribution in [-0.2, 0) is 14.8 Å². The molecule has 1 saturated heterocycles. The Morgan fingerprint density at radius 2 is 1.90 bits per heavy atom. The van der Waals surface area contributed by atoms with Crippen LogP contribution in [0.1, 0.15) is 23.4 Å². The van der Waals surface area contributed by atoms with Crippen LogP contribution in [0.5, 0.6) is 0 Å². The second-order valence-electron chi connectivity index (χ2n) is 4.50. The van der Waals surface area contributed by atoms with E-state index in [0.29, 0.717) is 0 Å². The first kappa shape index (κ1) is 14.5. The van der Waals surface area contributed by atoms with Crippen LogP contribution in [0.4, 0.5) is 0 Å². The van der Waals surface area contributed by atoms with Gasteiger partial charge in [-0.05, 0) is 25.0 Å². The highest BCUT2D eigenvalue weighted by molar-refractivity contribution is 7.89. The van der Waals surface area contributed by atoms with E-state index in [1.54, 1.807) is 0 Å². The maximum Gasteiger partial charge on any atom is 0.306 e. The van der Waals surface area contributed by atoms with Crippen molar-refractivity contribution in [2.45, 2.75) is 17.9 Å². The molecular formula is C11H14N2O6S. The maximum atomic E-state index is 12.2. The first-order valence-electron chi connectivity index (χ1n) is 5.95. The number of carboxylic acids is 1. The number of rotatable bonds is 4. The molecule has 1 aromatic heterocycles. The summed E-state index contributed by atoms with van der Waals surface area (Å²) in [6.07, 6.45) is 0.496. The van der Waals surface area contributed by atoms with Crippen LogP contribution >= 0.6 is 0 Å². The molecule has 2 heterocycles. The molecule has 2 rings (SSSR count). The van der Waals surface area contributed by atoms with Gasteiger partial charge < -0.3 is 15.3 Å². The van der Waals surface area contributed by atoms with E-state index >= 15 is 0 Å². The van der Waals surface area contributed by atoms with Crippen LogP contribution in [-0.4, -0.2) is 42.8 Å². The fourth-order valence-corrected chi connectivity index (χ4v) is 3.44. The molecule has 0 aliphatic carbocycles. The topological polar surface area (TPSA) is 131 Å². The third kappa shape index (κ3) is 2.68. The summed E-state index contributed by atoms with van der Waals surface area (Å²) in [4.78, 5) is 21.7. The minimum absolute atomic E-state index is 0.103. The van der Waals surface area contributed by atoms with Gasteiger partial charge in [-0.3, -0.25) is 9.59 Å². The van der Waals surface area contributed by atoms with Gasteiger partial charge in [0.2, 0.25) is 5.09 Å². The van der Waals surface area contributed by atoms with Crippen molar-refractivity contribution in [2.24, 2.45) is 11.7 Å². The molecule has 1 fully saturated rings. The Morgan fingerprint density at radius 1 is 1.30 bits per heavy atom. The number of hydrogen-bond donors (Lipinski definition) is 2. The number of furan rings is 1. The summed E-state index contributed by atoms with van der Waals surface area (Å²) >= 11 is 0. The van der Waals surface area contributed by atoms with Crippen molar-refractivity contribution >= 4 is 21.9 Å². The number of amides is 1. The van der Waals surface area contributed by atoms with Crippen LogP contribution < -0.4 is 5.73 Å². The van der Waals surface area contributed by atoms with Crippen molar-refractivity contribution in [3.63, 3.8) is 0 Å². The average Bonchev–Trinajstić information content (AvgIpc) is 2.89. The fraction of sp³-hybridized carbons (Fsp3) is 0.455. The zero-order valence-corrected chi connectivity index (χ0v) is 11.3. The van der Waals surface area contributed by atoms with Gasteiger partial charge in [0.1, 0.15) is 0 Å². The van der Waals surface area contributed by atoms with E-state index in [0.717, 1.165) is 4.31 Å². The number of carbonyl (C=O) groups is 2. The first-order chi connectivity index (χ1) is 9.32. The van der Waals surface area contributed by atoms with Crippen LogP contribution in [0, 0.1) is 5.92 Å². The minimum Gasteiger partial charge on any atom is -0.481 e. The lowest BCUT2D eigenvalue weighted by Crippen LogP contribution is -2.40. The van der Waals surface area contributed by atoms with E-state index in [4.69, 9.17) is 15.3 Å². The van der Waals surface area contributed by atoms with E-state index in [1.807, 2.05) is 0 Å². The third-order valence-corrected chi connectivity index (χ3v) is 4.99. The van der Waals surface area contributed by atoms with Gasteiger partial charge >= 0.3 is 5.97 Å². The summed E-state index contributed by atoms with van der Waals surface area (Å²) in [7, 11) is -3.86. The standard InChI is InChI=1S/C11H14N2O6S/c12-10(14)8-1-2-9(19-8)20(17,18)13-5-3-7(4-6-13)11(15)16/h1-2,7H,3-6H2,(H2,12,14)(H,15,16). The highest BCUT2D eigenvalue weighted by Crippen LogP contribution is 2.25. The minimum atomic E-state index is -3.86. The number of sulfonamides is 1. The zero-order chi connectivity index (χ0) is 14.9. The van der Waals surface area contributed by atoms with E-state index in [2.05, 4.69) is 0 Å². The maximum absolute atomic E-state index is 12.2. The number of carboxylic acid groups (broad SMARTS) is 1. The number of nitrogens with zero attached hydrogens (tertiary/aromatic N) is 1. The van der Waals surface area contributed by atoms with Crippen molar-refractivity contribution in [2.75, 3.05) is 13.1 Å². The number of piperidine rings is 1. The lowest BCUT2D eigenvalue weighted by molar-refractivity contribution is -0.142. The van der Waals surface area contributed by atoms with Gasteiger partial charge in [0, 0.05) is 13.1 Å². The molecule has 9 heteroatoms. The first-order valence-corrected chi connectivity index (χ1v) is 7.39. The van der Waals surface area contributed by atoms with Gasteiger partial charge in [-0.2, -0.15) is 4.31 Å². The molecule has 0 bridgehead atoms. The molecule has 3 N–H and O–H groups in total. The highest BCUT2D eigenvalue weighted by Gasteiger charge is 2.33. The molecular weight excluding hydrogens is 288 g/mol. The molecule has 0 unspecified atom stereocenters. The summed E-state index contributed by atoms with van der Waals surface area (Å²) in [6.45, 7) is 0.206. The molecule has 8 nitrogen and oxygen atoms in total. The Kier molecular flexibility index (Phi) is 3.82. The lowest BCUT2D eigenvalue weighted by atomic mass is 9.99. The van der Waals surface area contributed by atoms with Gasteiger partial charge in [-0.25, -0.2) is 8.42 Å². The largest absolute Gasteiger partial charge is 0.481 e. The third-order valence-electron chi connectivity index (χ3n) is 3.22. The van der Waals surface area contributed by atoms with Gasteiger partial charge in [0.15, 0.2) is 5.76 Å². The van der Waals surface area contributed by atoms with Gasteiger partial charge in [0.05, 0.1) is 5.92 Å². The average molecular weight is 302 g/mol. The van der Waals surface area contributed by atoms with Crippen molar-refractivity contribution in [3.8, 4) is 0 Å². The van der Waals surface area contributed by atoms with E-state index in [1.165, 1.54) is 12.1 Å². The summed E-state index contributed by atoms with van der Waals surface area (Å²) < 4.78 is 30.5. The van der Waals surface area contributed by atoms with E-state index in [-0.39, 0.29) is 36.8 Å². The summed E-state index contributed by atoms with van der Waals surface area (Å²) in [6, 6.07) is 2.36. The quantitative estimate of drug-likeness (QED) is 0.796. The lowest BCUT2D eigenvalue weighted by Gasteiger charge is -2.28. The fourth-order valence-electron chi connectivity index (χ4n) is 2.06. The Labute approximate surface area is 115 Å². The molecule has 0 radical (unpaired) electrons. The molecule has 110 valence electrons. The molecule has 0 spiro atoms. The second kappa shape index (κ2) is 5.25. The molecule has 0 atom stereocenters. The molecule has 20 heavy (non-hydrogen) atoms. The molecule has 0 saturated carbocycles. The predicted molar refractivity (Wildman–Crippen MR) is 66.3 cm³/mol. The number of nitrogens with two attached hydrogens (primary N) is 1. The van der Waals surface area contributed by atoms with Crippen molar-refractivity contribution in [1.29, 1.82) is 0 Å². The monoisotopic (exact) mass is 302 g/mol. The van der Waals surface area contributed by atoms with Crippen molar-refractivity contribution < 1.29 is 27.5 Å². The van der Waals surface area contributed by atoms with Crippen LogP contribution in [0.25, 0.3) is 0 Å². The molecule has 1 aromatic rings. The number of aliphatic carboxylic acids is 1. The van der Waals surface area contributed by atoms with Crippen molar-refractivity contribution in [1.82, 2.24) is 4.31 Å². The predicted octanol–water partition coefficient (Wildman–Crippen LogP) is -0.136. The van der Waals surface area contributed by atoms with Gasteiger partial charge in [0.25, 0.3) is 15.9 Å². The smallest absolute Gasteiger partial charge is 0.306 e. The SMILES string of the molecule is NC(=O)c1ccc(S(=O)(=O)N2CCC(C(=O)O)CC2)o1. The number of hydrogen-bond acceptors (Lipinski definition) is 5. The summed E-state index contributed by atoms with van der Waals surface area (Å²) in [5, 5.41) is 8.51. The molecule has 1 aliphatic rings. The van der Waals surface area contributed by atoms with E-state index < -0.39 is 27.8 Å². The zero-order valence-electron chi connectivity index (χ0n) is 10.5. The van der Waals surface area contributed by atoms with Gasteiger partial charge in [-0.15, -0.1) is 0 Å². The van der Waals surface area contributed by atoms with Gasteiger partial charge in [-0.1, -0.05) is 0 Å². The number of primary amides is 1. The Bertz CT molecular complexity index is 627. The van der Waals surface area contributed by atoms with Crippen LogP contribution in [0.3, 0.4) is 0 Å².